The van der Waals surface area contributed by atoms with Gasteiger partial charge in [0.25, 0.3) is 0 Å². The zero-order valence-electron chi connectivity index (χ0n) is 13.8. The number of benzene rings is 1. The molecule has 1 atom stereocenters. The van der Waals surface area contributed by atoms with Crippen LogP contribution in [-0.4, -0.2) is 11.5 Å². The normalized spacial score (nSPS) is 11.5. The molecule has 0 aliphatic heterocycles. The number of hydrogen-bond acceptors (Lipinski definition) is 3. The summed E-state index contributed by atoms with van der Waals surface area (Å²) in [5, 5.41) is 3.84. The number of nitrogens with one attached hydrogen (secondary N) is 1. The number of aromatic nitrogens is 1. The van der Waals surface area contributed by atoms with E-state index in [0.29, 0.717) is 16.6 Å². The quantitative estimate of drug-likeness (QED) is 0.643. The van der Waals surface area contributed by atoms with E-state index < -0.39 is 0 Å². The summed E-state index contributed by atoms with van der Waals surface area (Å²) in [4.78, 5) is 4.13. The monoisotopic (exact) mass is 327 g/mol. The van der Waals surface area contributed by atoms with Gasteiger partial charge in [-0.3, -0.25) is 4.98 Å². The third-order valence-corrected chi connectivity index (χ3v) is 4.14. The number of anilines is 2. The van der Waals surface area contributed by atoms with Crippen LogP contribution in [0.25, 0.3) is 0 Å². The first kappa shape index (κ1) is 17.2. The second-order valence-corrected chi connectivity index (χ2v) is 6.16. The summed E-state index contributed by atoms with van der Waals surface area (Å²) in [6, 6.07) is 5.81. The van der Waals surface area contributed by atoms with Gasteiger partial charge in [-0.25, -0.2) is 0 Å². The molecule has 0 aliphatic carbocycles. The molecule has 1 heterocycles. The maximum absolute atomic E-state index is 6.36. The van der Waals surface area contributed by atoms with Gasteiger partial charge in [-0.1, -0.05) is 43.7 Å². The van der Waals surface area contributed by atoms with Crippen LogP contribution in [0.15, 0.2) is 30.6 Å². The van der Waals surface area contributed by atoms with Gasteiger partial charge >= 0.3 is 0 Å². The number of aryl methyl sites for hydroxylation is 1. The number of nitrogens with two attached hydrogens (primary N) is 1. The summed E-state index contributed by atoms with van der Waals surface area (Å²) < 4.78 is 0. The van der Waals surface area contributed by atoms with E-state index in [0.717, 1.165) is 35.3 Å². The Labute approximate surface area is 143 Å². The molecule has 0 bridgehead atoms. The van der Waals surface area contributed by atoms with Gasteiger partial charge in [0, 0.05) is 30.1 Å². The Hall–Kier alpha value is -2.18. The van der Waals surface area contributed by atoms with Gasteiger partial charge in [0.2, 0.25) is 0 Å². The molecule has 0 aliphatic rings. The number of halogens is 1. The molecule has 0 radical (unpaired) electrons. The molecule has 2 rings (SSSR count). The minimum Gasteiger partial charge on any atom is -0.396 e. The van der Waals surface area contributed by atoms with Crippen LogP contribution in [0, 0.1) is 24.7 Å². The molecule has 4 heteroatoms. The van der Waals surface area contributed by atoms with Crippen molar-refractivity contribution in [2.45, 2.75) is 27.2 Å². The Morgan fingerprint density at radius 1 is 1.30 bits per heavy atom. The first-order chi connectivity index (χ1) is 11.0. The summed E-state index contributed by atoms with van der Waals surface area (Å²) in [7, 11) is 0. The lowest BCUT2D eigenvalue weighted by Gasteiger charge is -2.14. The molecule has 3 nitrogen and oxygen atoms in total. The summed E-state index contributed by atoms with van der Waals surface area (Å²) in [6.07, 6.45) is 4.65. The minimum absolute atomic E-state index is 0.493. The minimum atomic E-state index is 0.493. The van der Waals surface area contributed by atoms with Crippen LogP contribution in [0.4, 0.5) is 11.4 Å². The molecule has 0 saturated heterocycles. The van der Waals surface area contributed by atoms with Crippen molar-refractivity contribution in [1.82, 2.24) is 4.98 Å². The predicted molar refractivity (Wildman–Crippen MR) is 98.8 cm³/mol. The highest BCUT2D eigenvalue weighted by Crippen LogP contribution is 2.30. The maximum atomic E-state index is 6.36. The van der Waals surface area contributed by atoms with Gasteiger partial charge in [-0.05, 0) is 36.6 Å². The Balaban J connectivity index is 2.21. The maximum Gasteiger partial charge on any atom is 0.0813 e. The largest absolute Gasteiger partial charge is 0.396 e. The smallest absolute Gasteiger partial charge is 0.0813 e. The van der Waals surface area contributed by atoms with Crippen LogP contribution >= 0.6 is 11.6 Å². The second kappa shape index (κ2) is 7.89. The number of pyridine rings is 1. The fraction of sp³-hybridized carbons (Fsp3) is 0.316. The van der Waals surface area contributed by atoms with Gasteiger partial charge < -0.3 is 11.1 Å². The van der Waals surface area contributed by atoms with Crippen LogP contribution in [-0.2, 0) is 0 Å². The molecule has 0 saturated carbocycles. The van der Waals surface area contributed by atoms with E-state index in [1.807, 2.05) is 25.1 Å². The number of nitrogens with zero attached hydrogens (tertiary/aromatic N) is 1. The molecule has 120 valence electrons. The van der Waals surface area contributed by atoms with E-state index in [2.05, 4.69) is 36.0 Å². The highest BCUT2D eigenvalue weighted by Gasteiger charge is 2.08. The van der Waals surface area contributed by atoms with E-state index in [-0.39, 0.29) is 0 Å². The molecule has 3 N–H and O–H groups in total. The summed E-state index contributed by atoms with van der Waals surface area (Å²) in [6.45, 7) is 7.22. The van der Waals surface area contributed by atoms with Gasteiger partial charge in [0.15, 0.2) is 0 Å². The molecule has 1 aromatic heterocycles. The van der Waals surface area contributed by atoms with E-state index >= 15 is 0 Å². The number of rotatable bonds is 4. The summed E-state index contributed by atoms with van der Waals surface area (Å²) in [5.41, 5.74) is 10.2. The SMILES string of the molecule is CCC(C)CNc1ccc(C#Cc2cncc(C)c2)c(Cl)c1N. The van der Waals surface area contributed by atoms with Gasteiger partial charge in [0.1, 0.15) is 0 Å². The van der Waals surface area contributed by atoms with Gasteiger partial charge in [-0.2, -0.15) is 0 Å². The first-order valence-corrected chi connectivity index (χ1v) is 8.14. The van der Waals surface area contributed by atoms with Crippen molar-refractivity contribution in [3.63, 3.8) is 0 Å². The third-order valence-electron chi connectivity index (χ3n) is 3.73. The average Bonchev–Trinajstić information content (AvgIpc) is 2.55. The standard InChI is InChI=1S/C19H22ClN3/c1-4-13(2)11-23-17-8-7-16(18(20)19(17)21)6-5-15-9-14(3)10-22-12-15/h7-10,12-13,23H,4,11,21H2,1-3H3. The van der Waals surface area contributed by atoms with Crippen molar-refractivity contribution in [2.75, 3.05) is 17.6 Å². The molecule has 0 spiro atoms. The van der Waals surface area contributed by atoms with Crippen molar-refractivity contribution in [3.05, 3.63) is 52.3 Å². The van der Waals surface area contributed by atoms with Crippen molar-refractivity contribution < 1.29 is 0 Å². The van der Waals surface area contributed by atoms with Crippen molar-refractivity contribution in [1.29, 1.82) is 0 Å². The van der Waals surface area contributed by atoms with Crippen LogP contribution < -0.4 is 11.1 Å². The summed E-state index contributed by atoms with van der Waals surface area (Å²) >= 11 is 6.36. The lowest BCUT2D eigenvalue weighted by Crippen LogP contribution is -2.11. The van der Waals surface area contributed by atoms with Crippen LogP contribution in [0.5, 0.6) is 0 Å². The Morgan fingerprint density at radius 3 is 2.78 bits per heavy atom. The highest BCUT2D eigenvalue weighted by atomic mass is 35.5. The van der Waals surface area contributed by atoms with Crippen molar-refractivity contribution in [2.24, 2.45) is 5.92 Å². The van der Waals surface area contributed by atoms with Crippen LogP contribution in [0.3, 0.4) is 0 Å². The van der Waals surface area contributed by atoms with Gasteiger partial charge in [-0.15, -0.1) is 0 Å². The van der Waals surface area contributed by atoms with Gasteiger partial charge in [0.05, 0.1) is 16.4 Å². The molecule has 23 heavy (non-hydrogen) atoms. The number of hydrogen-bond donors (Lipinski definition) is 2. The van der Waals surface area contributed by atoms with E-state index in [9.17, 15) is 0 Å². The van der Waals surface area contributed by atoms with E-state index in [1.54, 1.807) is 12.4 Å². The Kier molecular flexibility index (Phi) is 5.90. The molecular weight excluding hydrogens is 306 g/mol. The van der Waals surface area contributed by atoms with E-state index in [4.69, 9.17) is 17.3 Å². The van der Waals surface area contributed by atoms with Crippen LogP contribution in [0.2, 0.25) is 5.02 Å². The first-order valence-electron chi connectivity index (χ1n) is 7.76. The van der Waals surface area contributed by atoms with Crippen LogP contribution in [0.1, 0.15) is 37.0 Å². The molecule has 1 unspecified atom stereocenters. The Bertz CT molecular complexity index is 744. The molecular formula is C19H22ClN3. The fourth-order valence-electron chi connectivity index (χ4n) is 2.03. The lowest BCUT2D eigenvalue weighted by molar-refractivity contribution is 0.593. The zero-order chi connectivity index (χ0) is 16.8. The Morgan fingerprint density at radius 2 is 2.09 bits per heavy atom. The van der Waals surface area contributed by atoms with E-state index in [1.165, 1.54) is 0 Å². The highest BCUT2D eigenvalue weighted by molar-refractivity contribution is 6.35. The fourth-order valence-corrected chi connectivity index (χ4v) is 2.25. The average molecular weight is 328 g/mol. The summed E-state index contributed by atoms with van der Waals surface area (Å²) in [5.74, 6) is 6.73. The second-order valence-electron chi connectivity index (χ2n) is 5.78. The molecule has 0 fully saturated rings. The predicted octanol–water partition coefficient (Wildman–Crippen LogP) is 4.48. The van der Waals surface area contributed by atoms with Crippen molar-refractivity contribution >= 4 is 23.0 Å². The lowest BCUT2D eigenvalue weighted by atomic mass is 10.1. The topological polar surface area (TPSA) is 50.9 Å². The molecule has 2 aromatic rings. The molecule has 0 amide bonds. The molecule has 1 aromatic carbocycles. The third kappa shape index (κ3) is 4.64. The zero-order valence-corrected chi connectivity index (χ0v) is 14.5. The van der Waals surface area contributed by atoms with Crippen molar-refractivity contribution in [3.8, 4) is 11.8 Å². The number of nitrogen functional groups attached to an aromatic ring is 1.